The van der Waals surface area contributed by atoms with Crippen molar-refractivity contribution in [3.8, 4) is 5.75 Å². The second kappa shape index (κ2) is 10.6. The third-order valence-electron chi connectivity index (χ3n) is 6.31. The van der Waals surface area contributed by atoms with Gasteiger partial charge in [-0.2, -0.15) is 0 Å². The lowest BCUT2D eigenvalue weighted by molar-refractivity contribution is -0.129. The summed E-state index contributed by atoms with van der Waals surface area (Å²) in [5, 5.41) is 2.98. The van der Waals surface area contributed by atoms with Crippen LogP contribution in [0.3, 0.4) is 0 Å². The third kappa shape index (κ3) is 5.10. The SMILES string of the molecule is CC[C@@H]1CCCCN1CCCNC(=O)CN1C(=O)[C@@H](c2ccccc2)Oc2cccnc21. The average Bonchev–Trinajstić information content (AvgIpc) is 2.84. The van der Waals surface area contributed by atoms with Gasteiger partial charge in [-0.25, -0.2) is 4.98 Å². The molecule has 7 nitrogen and oxygen atoms in total. The van der Waals surface area contributed by atoms with E-state index in [9.17, 15) is 9.59 Å². The molecule has 1 saturated heterocycles. The average molecular weight is 437 g/mol. The number of fused-ring (bicyclic) bond motifs is 1. The maximum Gasteiger partial charge on any atom is 0.274 e. The minimum absolute atomic E-state index is 0.0726. The van der Waals surface area contributed by atoms with E-state index in [-0.39, 0.29) is 18.4 Å². The summed E-state index contributed by atoms with van der Waals surface area (Å²) in [6.07, 6.45) is 6.76. The van der Waals surface area contributed by atoms with Crippen LogP contribution in [0.4, 0.5) is 5.82 Å². The monoisotopic (exact) mass is 436 g/mol. The maximum atomic E-state index is 13.2. The molecule has 1 aromatic heterocycles. The second-order valence-corrected chi connectivity index (χ2v) is 8.46. The lowest BCUT2D eigenvalue weighted by Gasteiger charge is -2.35. The van der Waals surface area contributed by atoms with Gasteiger partial charge in [-0.15, -0.1) is 0 Å². The Morgan fingerprint density at radius 1 is 1.19 bits per heavy atom. The second-order valence-electron chi connectivity index (χ2n) is 8.46. The number of ether oxygens (including phenoxy) is 1. The smallest absolute Gasteiger partial charge is 0.274 e. The number of amides is 2. The number of nitrogens with one attached hydrogen (secondary N) is 1. The Labute approximate surface area is 189 Å². The molecule has 0 unspecified atom stereocenters. The number of benzene rings is 1. The number of carbonyl (C=O) groups excluding carboxylic acids is 2. The molecule has 2 aliphatic heterocycles. The van der Waals surface area contributed by atoms with Crippen LogP contribution in [0.5, 0.6) is 5.75 Å². The quantitative estimate of drug-likeness (QED) is 0.643. The summed E-state index contributed by atoms with van der Waals surface area (Å²) in [5.41, 5.74) is 0.754. The predicted molar refractivity (Wildman–Crippen MR) is 124 cm³/mol. The van der Waals surface area contributed by atoms with Crippen LogP contribution in [0.1, 0.15) is 50.7 Å². The fraction of sp³-hybridized carbons (Fsp3) is 0.480. The van der Waals surface area contributed by atoms with E-state index in [0.717, 1.165) is 25.1 Å². The van der Waals surface area contributed by atoms with Crippen LogP contribution >= 0.6 is 0 Å². The van der Waals surface area contributed by atoms with Crippen molar-refractivity contribution < 1.29 is 14.3 Å². The van der Waals surface area contributed by atoms with Crippen molar-refractivity contribution in [2.24, 2.45) is 0 Å². The van der Waals surface area contributed by atoms with Crippen LogP contribution in [0.2, 0.25) is 0 Å². The number of anilines is 1. The Balaban J connectivity index is 1.35. The third-order valence-corrected chi connectivity index (χ3v) is 6.31. The topological polar surface area (TPSA) is 74.8 Å². The molecule has 4 rings (SSSR count). The number of carbonyl (C=O) groups is 2. The van der Waals surface area contributed by atoms with Crippen LogP contribution in [0, 0.1) is 0 Å². The first-order valence-corrected chi connectivity index (χ1v) is 11.7. The summed E-state index contributed by atoms with van der Waals surface area (Å²) in [4.78, 5) is 34.2. The van der Waals surface area contributed by atoms with Gasteiger partial charge in [0.05, 0.1) is 0 Å². The van der Waals surface area contributed by atoms with Gasteiger partial charge in [0.1, 0.15) is 6.54 Å². The van der Waals surface area contributed by atoms with E-state index in [1.807, 2.05) is 30.3 Å². The highest BCUT2D eigenvalue weighted by atomic mass is 16.5. The first-order chi connectivity index (χ1) is 15.7. The first kappa shape index (κ1) is 22.3. The molecule has 1 fully saturated rings. The van der Waals surface area contributed by atoms with Crippen LogP contribution in [0.15, 0.2) is 48.7 Å². The van der Waals surface area contributed by atoms with Crippen LogP contribution in [-0.2, 0) is 9.59 Å². The molecular formula is C25H32N4O3. The van der Waals surface area contributed by atoms with Gasteiger partial charge in [-0.3, -0.25) is 14.5 Å². The van der Waals surface area contributed by atoms with Crippen LogP contribution in [0.25, 0.3) is 0 Å². The zero-order chi connectivity index (χ0) is 22.3. The molecule has 0 saturated carbocycles. The number of hydrogen-bond donors (Lipinski definition) is 1. The molecule has 170 valence electrons. The van der Waals surface area contributed by atoms with Crippen LogP contribution < -0.4 is 15.0 Å². The molecular weight excluding hydrogens is 404 g/mol. The highest BCUT2D eigenvalue weighted by Gasteiger charge is 2.37. The number of likely N-dealkylation sites (tertiary alicyclic amines) is 1. The van der Waals surface area contributed by atoms with Gasteiger partial charge < -0.3 is 15.0 Å². The lowest BCUT2D eigenvalue weighted by atomic mass is 10.00. The van der Waals surface area contributed by atoms with Crippen molar-refractivity contribution in [2.75, 3.05) is 31.1 Å². The Morgan fingerprint density at radius 2 is 2.03 bits per heavy atom. The van der Waals surface area contributed by atoms with E-state index in [1.165, 1.54) is 30.6 Å². The van der Waals surface area contributed by atoms with Gasteiger partial charge in [0.2, 0.25) is 12.0 Å². The Kier molecular flexibility index (Phi) is 7.37. The van der Waals surface area contributed by atoms with Gasteiger partial charge >= 0.3 is 0 Å². The highest BCUT2D eigenvalue weighted by Crippen LogP contribution is 2.36. The summed E-state index contributed by atoms with van der Waals surface area (Å²) in [7, 11) is 0. The standard InChI is InChI=1S/C25H32N4O3/c1-2-20-12-6-7-16-28(20)17-9-15-26-22(30)18-29-24-21(13-8-14-27-24)32-23(25(29)31)19-10-4-3-5-11-19/h3-5,8,10-11,13-14,20,23H,2,6-7,9,12,15-18H2,1H3,(H,26,30)/t20-,23-/m1/s1. The summed E-state index contributed by atoms with van der Waals surface area (Å²) >= 11 is 0. The molecule has 1 N–H and O–H groups in total. The van der Waals surface area contributed by atoms with Gasteiger partial charge in [0.25, 0.3) is 5.91 Å². The maximum absolute atomic E-state index is 13.2. The minimum Gasteiger partial charge on any atom is -0.472 e. The predicted octanol–water partition coefficient (Wildman–Crippen LogP) is 3.32. The van der Waals surface area contributed by atoms with Gasteiger partial charge in [0, 0.05) is 30.9 Å². The Morgan fingerprint density at radius 3 is 2.84 bits per heavy atom. The Hall–Kier alpha value is -2.93. The fourth-order valence-electron chi connectivity index (χ4n) is 4.62. The lowest BCUT2D eigenvalue weighted by Crippen LogP contribution is -2.47. The zero-order valence-corrected chi connectivity index (χ0v) is 18.7. The van der Waals surface area contributed by atoms with E-state index in [0.29, 0.717) is 24.2 Å². The molecule has 1 aromatic carbocycles. The summed E-state index contributed by atoms with van der Waals surface area (Å²) in [5.74, 6) is 0.425. The number of aromatic nitrogens is 1. The van der Waals surface area contributed by atoms with E-state index in [2.05, 4.69) is 22.1 Å². The van der Waals surface area contributed by atoms with E-state index in [4.69, 9.17) is 4.74 Å². The zero-order valence-electron chi connectivity index (χ0n) is 18.7. The summed E-state index contributed by atoms with van der Waals surface area (Å²) in [6.45, 7) is 4.92. The van der Waals surface area contributed by atoms with Crippen molar-refractivity contribution >= 4 is 17.6 Å². The molecule has 0 spiro atoms. The number of piperidine rings is 1. The number of nitrogens with zero attached hydrogens (tertiary/aromatic N) is 3. The molecule has 7 heteroatoms. The molecule has 2 aliphatic rings. The van der Waals surface area contributed by atoms with Gasteiger partial charge in [-0.1, -0.05) is 43.7 Å². The molecule has 0 aliphatic carbocycles. The Bertz CT molecular complexity index is 920. The van der Waals surface area contributed by atoms with Gasteiger partial charge in [0.15, 0.2) is 11.6 Å². The van der Waals surface area contributed by atoms with Crippen LogP contribution in [-0.4, -0.2) is 53.9 Å². The number of rotatable bonds is 8. The minimum atomic E-state index is -0.786. The van der Waals surface area contributed by atoms with E-state index in [1.54, 1.807) is 18.3 Å². The molecule has 2 atom stereocenters. The largest absolute Gasteiger partial charge is 0.472 e. The van der Waals surface area contributed by atoms with Crippen molar-refractivity contribution in [1.82, 2.24) is 15.2 Å². The highest BCUT2D eigenvalue weighted by molar-refractivity contribution is 6.03. The molecule has 0 bridgehead atoms. The van der Waals surface area contributed by atoms with E-state index < -0.39 is 6.10 Å². The number of hydrogen-bond acceptors (Lipinski definition) is 5. The van der Waals surface area contributed by atoms with Crippen molar-refractivity contribution in [3.05, 3.63) is 54.2 Å². The van der Waals surface area contributed by atoms with E-state index >= 15 is 0 Å². The molecule has 3 heterocycles. The van der Waals surface area contributed by atoms with Gasteiger partial charge in [-0.05, 0) is 44.4 Å². The molecule has 2 aromatic rings. The summed E-state index contributed by atoms with van der Waals surface area (Å²) < 4.78 is 5.94. The summed E-state index contributed by atoms with van der Waals surface area (Å²) in [6, 6.07) is 13.5. The molecule has 2 amide bonds. The van der Waals surface area contributed by atoms with Crippen molar-refractivity contribution in [1.29, 1.82) is 0 Å². The first-order valence-electron chi connectivity index (χ1n) is 11.7. The fourth-order valence-corrected chi connectivity index (χ4v) is 4.62. The van der Waals surface area contributed by atoms with Crippen molar-refractivity contribution in [2.45, 2.75) is 51.2 Å². The number of pyridine rings is 1. The molecule has 0 radical (unpaired) electrons. The molecule has 32 heavy (non-hydrogen) atoms. The normalized spacial score (nSPS) is 21.0. The van der Waals surface area contributed by atoms with Crippen molar-refractivity contribution in [3.63, 3.8) is 0 Å².